The van der Waals surface area contributed by atoms with Crippen molar-refractivity contribution >= 4 is 5.91 Å². The van der Waals surface area contributed by atoms with Gasteiger partial charge in [0, 0.05) is 19.4 Å². The van der Waals surface area contributed by atoms with Gasteiger partial charge in [-0.1, -0.05) is 31.9 Å². The molecule has 0 rings (SSSR count). The minimum Gasteiger partial charge on any atom is -0.356 e. The molecule has 0 radical (unpaired) electrons. The van der Waals surface area contributed by atoms with E-state index >= 15 is 0 Å². The Bertz CT molecular complexity index is 363. The Labute approximate surface area is 118 Å². The van der Waals surface area contributed by atoms with Crippen LogP contribution in [0.1, 0.15) is 52.4 Å². The third-order valence-electron chi connectivity index (χ3n) is 2.48. The summed E-state index contributed by atoms with van der Waals surface area (Å²) in [5, 5.41) is 2.92. The Kier molecular flexibility index (Phi) is 11.7. The molecular formula is C17H25NO. The molecule has 2 nitrogen and oxygen atoms in total. The van der Waals surface area contributed by atoms with E-state index in [1.807, 2.05) is 0 Å². The highest BCUT2D eigenvalue weighted by Crippen LogP contribution is 2.01. The molecule has 1 amide bonds. The number of terminal acetylenes is 1. The van der Waals surface area contributed by atoms with Crippen LogP contribution in [0.3, 0.4) is 0 Å². The number of carbonyl (C=O) groups excluding carboxylic acids is 1. The molecule has 0 bridgehead atoms. The second-order valence-corrected chi connectivity index (χ2v) is 4.90. The fraction of sp³-hybridized carbons (Fsp3) is 0.588. The number of unbranched alkanes of at least 4 members (excludes halogenated alkanes) is 3. The number of allylic oxidation sites excluding steroid dienone is 2. The number of hydrogen-bond donors (Lipinski definition) is 1. The Hall–Kier alpha value is -1.67. The molecule has 1 N–H and O–H groups in total. The maximum atomic E-state index is 11.4. The maximum Gasteiger partial charge on any atom is 0.220 e. The molecule has 0 aromatic heterocycles. The lowest BCUT2D eigenvalue weighted by Crippen LogP contribution is -2.26. The second kappa shape index (κ2) is 12.8. The number of nitrogens with one attached hydrogen (secondary N) is 1. The van der Waals surface area contributed by atoms with E-state index in [0.29, 0.717) is 12.3 Å². The molecule has 0 aromatic rings. The highest BCUT2D eigenvalue weighted by molar-refractivity contribution is 5.75. The zero-order valence-electron chi connectivity index (χ0n) is 12.2. The number of carbonyl (C=O) groups is 1. The van der Waals surface area contributed by atoms with Gasteiger partial charge in [0.25, 0.3) is 0 Å². The predicted molar refractivity (Wildman–Crippen MR) is 81.3 cm³/mol. The summed E-state index contributed by atoms with van der Waals surface area (Å²) in [4.78, 5) is 11.4. The largest absolute Gasteiger partial charge is 0.356 e. The van der Waals surface area contributed by atoms with Gasteiger partial charge in [0.05, 0.1) is 0 Å². The molecule has 104 valence electrons. The van der Waals surface area contributed by atoms with Gasteiger partial charge >= 0.3 is 0 Å². The highest BCUT2D eigenvalue weighted by Gasteiger charge is 2.00. The maximum absolute atomic E-state index is 11.4. The first-order valence-electron chi connectivity index (χ1n) is 7.02. The standard InChI is InChI=1S/C17H25NO/c1-4-5-6-7-8-9-10-11-12-13-14-17(19)18-15-16(2)3/h1,10-11,16H,7-9,12-15H2,2-3H3,(H,18,19). The molecule has 0 heterocycles. The van der Waals surface area contributed by atoms with Crippen molar-refractivity contribution in [3.63, 3.8) is 0 Å². The summed E-state index contributed by atoms with van der Waals surface area (Å²) in [7, 11) is 0. The van der Waals surface area contributed by atoms with E-state index < -0.39 is 0 Å². The van der Waals surface area contributed by atoms with Gasteiger partial charge in [0.15, 0.2) is 0 Å². The number of amides is 1. The van der Waals surface area contributed by atoms with Gasteiger partial charge in [-0.2, -0.15) is 0 Å². The van der Waals surface area contributed by atoms with E-state index in [4.69, 9.17) is 6.42 Å². The Morgan fingerprint density at radius 2 is 1.95 bits per heavy atom. The summed E-state index contributed by atoms with van der Waals surface area (Å²) in [6.45, 7) is 4.96. The van der Waals surface area contributed by atoms with E-state index in [2.05, 4.69) is 49.1 Å². The Morgan fingerprint density at radius 3 is 2.58 bits per heavy atom. The summed E-state index contributed by atoms with van der Waals surface area (Å²) in [5.41, 5.74) is 0. The van der Waals surface area contributed by atoms with Crippen molar-refractivity contribution in [1.82, 2.24) is 5.32 Å². The minimum atomic E-state index is 0.159. The Balaban J connectivity index is 3.38. The van der Waals surface area contributed by atoms with Crippen molar-refractivity contribution in [2.45, 2.75) is 52.4 Å². The van der Waals surface area contributed by atoms with Crippen molar-refractivity contribution in [1.29, 1.82) is 0 Å². The zero-order valence-corrected chi connectivity index (χ0v) is 12.2. The molecule has 0 aromatic carbocycles. The summed E-state index contributed by atoms with van der Waals surface area (Å²) < 4.78 is 0. The van der Waals surface area contributed by atoms with Crippen LogP contribution in [-0.4, -0.2) is 12.5 Å². The smallest absolute Gasteiger partial charge is 0.220 e. The van der Waals surface area contributed by atoms with E-state index in [9.17, 15) is 4.79 Å². The normalized spacial score (nSPS) is 10.0. The Morgan fingerprint density at radius 1 is 1.26 bits per heavy atom. The summed E-state index contributed by atoms with van der Waals surface area (Å²) in [6.07, 6.45) is 14.7. The first-order chi connectivity index (χ1) is 9.16. The summed E-state index contributed by atoms with van der Waals surface area (Å²) >= 11 is 0. The van der Waals surface area contributed by atoms with Gasteiger partial charge in [0.1, 0.15) is 0 Å². The predicted octanol–water partition coefficient (Wildman–Crippen LogP) is 3.29. The van der Waals surface area contributed by atoms with Crippen LogP contribution in [0.2, 0.25) is 0 Å². The average molecular weight is 259 g/mol. The SMILES string of the molecule is C#CC#CCCCC=CCCCC(=O)NCC(C)C. The second-order valence-electron chi connectivity index (χ2n) is 4.90. The van der Waals surface area contributed by atoms with Crippen LogP contribution in [0.15, 0.2) is 12.2 Å². The fourth-order valence-corrected chi connectivity index (χ4v) is 1.44. The van der Waals surface area contributed by atoms with Gasteiger partial charge in [-0.15, -0.1) is 6.42 Å². The van der Waals surface area contributed by atoms with Gasteiger partial charge in [-0.05, 0) is 43.4 Å². The van der Waals surface area contributed by atoms with Crippen molar-refractivity contribution in [2.75, 3.05) is 6.54 Å². The van der Waals surface area contributed by atoms with Gasteiger partial charge in [-0.3, -0.25) is 4.79 Å². The summed E-state index contributed by atoms with van der Waals surface area (Å²) in [5.74, 6) is 8.47. The number of rotatable bonds is 9. The minimum absolute atomic E-state index is 0.159. The van der Waals surface area contributed by atoms with Crippen molar-refractivity contribution < 1.29 is 4.79 Å². The molecule has 0 saturated heterocycles. The van der Waals surface area contributed by atoms with Gasteiger partial charge in [-0.25, -0.2) is 0 Å². The highest BCUT2D eigenvalue weighted by atomic mass is 16.1. The zero-order chi connectivity index (χ0) is 14.3. The molecule has 0 aliphatic heterocycles. The van der Waals surface area contributed by atoms with E-state index in [1.165, 1.54) is 0 Å². The topological polar surface area (TPSA) is 29.1 Å². The lowest BCUT2D eigenvalue weighted by Gasteiger charge is -2.06. The number of hydrogen-bond acceptors (Lipinski definition) is 1. The lowest BCUT2D eigenvalue weighted by atomic mass is 10.1. The molecule has 2 heteroatoms. The third-order valence-corrected chi connectivity index (χ3v) is 2.48. The molecule has 19 heavy (non-hydrogen) atoms. The average Bonchev–Trinajstić information content (AvgIpc) is 2.38. The first-order valence-corrected chi connectivity index (χ1v) is 7.02. The van der Waals surface area contributed by atoms with Crippen LogP contribution in [-0.2, 0) is 4.79 Å². The monoisotopic (exact) mass is 259 g/mol. The first kappa shape index (κ1) is 17.3. The summed E-state index contributed by atoms with van der Waals surface area (Å²) in [6, 6.07) is 0. The molecular weight excluding hydrogens is 234 g/mol. The van der Waals surface area contributed by atoms with Crippen LogP contribution in [0, 0.1) is 30.1 Å². The molecule has 0 fully saturated rings. The molecule has 0 atom stereocenters. The van der Waals surface area contributed by atoms with Crippen LogP contribution < -0.4 is 5.32 Å². The van der Waals surface area contributed by atoms with E-state index in [0.717, 1.165) is 38.6 Å². The molecule has 0 saturated carbocycles. The van der Waals surface area contributed by atoms with Crippen molar-refractivity contribution in [2.24, 2.45) is 5.92 Å². The molecule has 0 unspecified atom stereocenters. The van der Waals surface area contributed by atoms with Gasteiger partial charge in [0.2, 0.25) is 5.91 Å². The van der Waals surface area contributed by atoms with E-state index in [-0.39, 0.29) is 5.91 Å². The van der Waals surface area contributed by atoms with Crippen molar-refractivity contribution in [3.8, 4) is 24.2 Å². The molecule has 0 aliphatic carbocycles. The van der Waals surface area contributed by atoms with Crippen LogP contribution in [0.5, 0.6) is 0 Å². The van der Waals surface area contributed by atoms with Crippen LogP contribution in [0.25, 0.3) is 0 Å². The third kappa shape index (κ3) is 14.3. The quantitative estimate of drug-likeness (QED) is 0.384. The van der Waals surface area contributed by atoms with E-state index in [1.54, 1.807) is 0 Å². The van der Waals surface area contributed by atoms with Crippen molar-refractivity contribution in [3.05, 3.63) is 12.2 Å². The van der Waals surface area contributed by atoms with Crippen LogP contribution >= 0.6 is 0 Å². The molecule has 0 spiro atoms. The van der Waals surface area contributed by atoms with Crippen LogP contribution in [0.4, 0.5) is 0 Å². The lowest BCUT2D eigenvalue weighted by molar-refractivity contribution is -0.121. The molecule has 0 aliphatic rings. The fourth-order valence-electron chi connectivity index (χ4n) is 1.44. The van der Waals surface area contributed by atoms with Gasteiger partial charge < -0.3 is 5.32 Å².